The highest BCUT2D eigenvalue weighted by Crippen LogP contribution is 2.21. The molecule has 29 heavy (non-hydrogen) atoms. The number of carbonyl (C=O) groups excluding carboxylic acids is 1. The van der Waals surface area contributed by atoms with E-state index in [1.54, 1.807) is 18.2 Å². The number of nitrogens with two attached hydrogens (primary N) is 1. The molecule has 0 saturated carbocycles. The molecule has 3 N–H and O–H groups in total. The van der Waals surface area contributed by atoms with Gasteiger partial charge in [0.25, 0.3) is 5.91 Å². The summed E-state index contributed by atoms with van der Waals surface area (Å²) in [5, 5.41) is 4.76. The van der Waals surface area contributed by atoms with E-state index >= 15 is 0 Å². The van der Waals surface area contributed by atoms with Gasteiger partial charge in [-0.25, -0.2) is 8.42 Å². The Morgan fingerprint density at radius 3 is 2.31 bits per heavy atom. The van der Waals surface area contributed by atoms with Gasteiger partial charge in [-0.1, -0.05) is 63.6 Å². The summed E-state index contributed by atoms with van der Waals surface area (Å²) < 4.78 is 23.8. The molecule has 0 spiro atoms. The lowest BCUT2D eigenvalue weighted by molar-refractivity contribution is -0.692. The SMILES string of the molecule is CCCCc1ccc([C@@H]([NH2+]CC(=O)Nc2ccccc2S(C)(=O)=O)C(C)C)cc1. The largest absolute Gasteiger partial charge is 0.332 e. The number of anilines is 1. The first-order valence-corrected chi connectivity index (χ1v) is 12.1. The summed E-state index contributed by atoms with van der Waals surface area (Å²) in [4.78, 5) is 12.6. The Hall–Kier alpha value is -2.18. The summed E-state index contributed by atoms with van der Waals surface area (Å²) in [6.45, 7) is 6.70. The zero-order valence-corrected chi connectivity index (χ0v) is 18.6. The summed E-state index contributed by atoms with van der Waals surface area (Å²) in [6, 6.07) is 15.3. The van der Waals surface area contributed by atoms with Crippen molar-refractivity contribution in [3.05, 3.63) is 59.7 Å². The Morgan fingerprint density at radius 1 is 1.07 bits per heavy atom. The molecular formula is C23H33N2O3S+. The molecule has 0 aromatic heterocycles. The van der Waals surface area contributed by atoms with Crippen LogP contribution in [0.3, 0.4) is 0 Å². The van der Waals surface area contributed by atoms with Crippen molar-refractivity contribution in [1.82, 2.24) is 0 Å². The molecule has 0 bridgehead atoms. The zero-order valence-electron chi connectivity index (χ0n) is 17.8. The summed E-state index contributed by atoms with van der Waals surface area (Å²) in [5.41, 5.74) is 2.87. The number of nitrogens with one attached hydrogen (secondary N) is 1. The fourth-order valence-corrected chi connectivity index (χ4v) is 4.25. The maximum atomic E-state index is 12.5. The van der Waals surface area contributed by atoms with Gasteiger partial charge >= 0.3 is 0 Å². The fourth-order valence-electron chi connectivity index (χ4n) is 3.41. The lowest BCUT2D eigenvalue weighted by Crippen LogP contribution is -2.88. The van der Waals surface area contributed by atoms with E-state index in [2.05, 4.69) is 50.4 Å². The number of aryl methyl sites for hydroxylation is 1. The number of hydrogen-bond donors (Lipinski definition) is 2. The molecule has 158 valence electrons. The van der Waals surface area contributed by atoms with Crippen molar-refractivity contribution in [2.45, 2.75) is 51.0 Å². The number of quaternary nitrogens is 1. The minimum atomic E-state index is -3.40. The highest BCUT2D eigenvalue weighted by Gasteiger charge is 2.21. The highest BCUT2D eigenvalue weighted by molar-refractivity contribution is 7.90. The van der Waals surface area contributed by atoms with Crippen molar-refractivity contribution in [3.63, 3.8) is 0 Å². The van der Waals surface area contributed by atoms with Gasteiger partial charge in [-0.3, -0.25) is 4.79 Å². The van der Waals surface area contributed by atoms with Gasteiger partial charge in [0.15, 0.2) is 16.4 Å². The summed E-state index contributed by atoms with van der Waals surface area (Å²) in [6.07, 6.45) is 4.61. The smallest absolute Gasteiger partial charge is 0.279 e. The molecule has 0 fully saturated rings. The lowest BCUT2D eigenvalue weighted by Gasteiger charge is -2.20. The van der Waals surface area contributed by atoms with E-state index < -0.39 is 9.84 Å². The third-order valence-corrected chi connectivity index (χ3v) is 6.17. The second kappa shape index (κ2) is 10.6. The van der Waals surface area contributed by atoms with Crippen LogP contribution < -0.4 is 10.6 Å². The number of hydrogen-bond acceptors (Lipinski definition) is 3. The molecular weight excluding hydrogens is 384 g/mol. The van der Waals surface area contributed by atoms with Gasteiger partial charge in [-0.05, 0) is 30.5 Å². The van der Waals surface area contributed by atoms with Crippen LogP contribution in [0.5, 0.6) is 0 Å². The van der Waals surface area contributed by atoms with Crippen LogP contribution in [0.15, 0.2) is 53.4 Å². The molecule has 0 saturated heterocycles. The van der Waals surface area contributed by atoms with Crippen molar-refractivity contribution in [1.29, 1.82) is 0 Å². The Bertz CT molecular complexity index is 906. The molecule has 0 aliphatic heterocycles. The molecule has 1 amide bonds. The topological polar surface area (TPSA) is 79.8 Å². The van der Waals surface area contributed by atoms with Crippen molar-refractivity contribution in [2.24, 2.45) is 5.92 Å². The van der Waals surface area contributed by atoms with E-state index in [0.29, 0.717) is 11.6 Å². The molecule has 5 nitrogen and oxygen atoms in total. The highest BCUT2D eigenvalue weighted by atomic mass is 32.2. The number of rotatable bonds is 10. The number of para-hydroxylation sites is 1. The Morgan fingerprint density at radius 2 is 1.72 bits per heavy atom. The number of sulfone groups is 1. The average molecular weight is 418 g/mol. The lowest BCUT2D eigenvalue weighted by atomic mass is 9.94. The van der Waals surface area contributed by atoms with Gasteiger partial charge in [0.2, 0.25) is 0 Å². The fraction of sp³-hybridized carbons (Fsp3) is 0.435. The molecule has 2 aromatic rings. The first-order chi connectivity index (χ1) is 13.7. The third-order valence-electron chi connectivity index (χ3n) is 5.02. The van der Waals surface area contributed by atoms with Crippen LogP contribution in [0, 0.1) is 5.92 Å². The molecule has 0 heterocycles. The zero-order chi connectivity index (χ0) is 21.4. The van der Waals surface area contributed by atoms with Crippen LogP contribution in [0.1, 0.15) is 50.8 Å². The van der Waals surface area contributed by atoms with Gasteiger partial charge in [0.05, 0.1) is 10.6 Å². The minimum absolute atomic E-state index is 0.136. The minimum Gasteiger partial charge on any atom is -0.332 e. The van der Waals surface area contributed by atoms with Crippen LogP contribution in [0.2, 0.25) is 0 Å². The molecule has 0 aliphatic rings. The first-order valence-electron chi connectivity index (χ1n) is 10.2. The van der Waals surface area contributed by atoms with Crippen LogP contribution in [-0.2, 0) is 21.1 Å². The van der Waals surface area contributed by atoms with E-state index in [0.717, 1.165) is 12.7 Å². The second-order valence-corrected chi connectivity index (χ2v) is 9.86. The van der Waals surface area contributed by atoms with E-state index in [9.17, 15) is 13.2 Å². The van der Waals surface area contributed by atoms with Gasteiger partial charge < -0.3 is 10.6 Å². The van der Waals surface area contributed by atoms with Crippen LogP contribution >= 0.6 is 0 Å². The van der Waals surface area contributed by atoms with E-state index in [1.165, 1.54) is 30.0 Å². The molecule has 1 atom stereocenters. The molecule has 2 rings (SSSR count). The van der Waals surface area contributed by atoms with Crippen molar-refractivity contribution in [2.75, 3.05) is 18.1 Å². The number of amides is 1. The van der Waals surface area contributed by atoms with Gasteiger partial charge in [-0.2, -0.15) is 0 Å². The maximum Gasteiger partial charge on any atom is 0.279 e. The van der Waals surface area contributed by atoms with E-state index in [-0.39, 0.29) is 23.4 Å². The van der Waals surface area contributed by atoms with E-state index in [1.807, 2.05) is 5.32 Å². The van der Waals surface area contributed by atoms with Crippen molar-refractivity contribution < 1.29 is 18.5 Å². The summed E-state index contributed by atoms with van der Waals surface area (Å²) in [7, 11) is -3.40. The third kappa shape index (κ3) is 6.98. The number of carbonyl (C=O) groups is 1. The molecule has 2 aromatic carbocycles. The average Bonchev–Trinajstić information content (AvgIpc) is 2.66. The molecule has 0 unspecified atom stereocenters. The van der Waals surface area contributed by atoms with Crippen LogP contribution in [0.25, 0.3) is 0 Å². The quantitative estimate of drug-likeness (QED) is 0.622. The predicted molar refractivity (Wildman–Crippen MR) is 118 cm³/mol. The van der Waals surface area contributed by atoms with Gasteiger partial charge in [-0.15, -0.1) is 0 Å². The van der Waals surface area contributed by atoms with Gasteiger partial charge in [0.1, 0.15) is 6.04 Å². The first kappa shape index (κ1) is 23.1. The molecule has 6 heteroatoms. The Balaban J connectivity index is 2.03. The number of unbranched alkanes of at least 4 members (excludes halogenated alkanes) is 1. The van der Waals surface area contributed by atoms with Crippen molar-refractivity contribution >= 4 is 21.4 Å². The summed E-state index contributed by atoms with van der Waals surface area (Å²) >= 11 is 0. The maximum absolute atomic E-state index is 12.5. The molecule has 0 aliphatic carbocycles. The standard InChI is InChI=1S/C23H32N2O3S/c1-5-6-9-18-12-14-19(15-13-18)23(17(2)3)24-16-22(26)25-20-10-7-8-11-21(20)29(4,27)28/h7-8,10-15,17,23-24H,5-6,9,16H2,1-4H3,(H,25,26)/p+1/t23-/m0/s1. The second-order valence-electron chi connectivity index (χ2n) is 7.87. The predicted octanol–water partition coefficient (Wildman–Crippen LogP) is 3.33. The van der Waals surface area contributed by atoms with Crippen molar-refractivity contribution in [3.8, 4) is 0 Å². The number of benzene rings is 2. The van der Waals surface area contributed by atoms with Crippen LogP contribution in [0.4, 0.5) is 5.69 Å². The summed E-state index contributed by atoms with van der Waals surface area (Å²) in [5.74, 6) is 0.138. The monoisotopic (exact) mass is 417 g/mol. The van der Waals surface area contributed by atoms with Gasteiger partial charge in [0, 0.05) is 17.7 Å². The Kier molecular flexibility index (Phi) is 8.41. The van der Waals surface area contributed by atoms with Crippen LogP contribution in [-0.4, -0.2) is 27.1 Å². The van der Waals surface area contributed by atoms with E-state index in [4.69, 9.17) is 0 Å². The molecule has 0 radical (unpaired) electrons. The normalized spacial score (nSPS) is 12.7. The Labute approximate surface area is 174 Å².